The van der Waals surface area contributed by atoms with Gasteiger partial charge >= 0.3 is 5.97 Å². The fourth-order valence-electron chi connectivity index (χ4n) is 2.68. The Morgan fingerprint density at radius 1 is 1.44 bits per heavy atom. The Labute approximate surface area is 108 Å². The molecule has 0 saturated carbocycles. The second-order valence-electron chi connectivity index (χ2n) is 4.94. The van der Waals surface area contributed by atoms with Gasteiger partial charge in [0.1, 0.15) is 0 Å². The van der Waals surface area contributed by atoms with Crippen molar-refractivity contribution in [3.05, 3.63) is 29.3 Å². The van der Waals surface area contributed by atoms with E-state index in [-0.39, 0.29) is 12.5 Å². The van der Waals surface area contributed by atoms with Gasteiger partial charge in [-0.3, -0.25) is 4.79 Å². The molecule has 1 unspecified atom stereocenters. The molecule has 0 radical (unpaired) electrons. The minimum atomic E-state index is -0.740. The Kier molecular flexibility index (Phi) is 3.87. The van der Waals surface area contributed by atoms with Gasteiger partial charge in [0.05, 0.1) is 6.42 Å². The van der Waals surface area contributed by atoms with Crippen LogP contribution in [0.1, 0.15) is 17.5 Å². The fraction of sp³-hybridized carbons (Fsp3) is 0.500. The third-order valence-corrected chi connectivity index (χ3v) is 3.43. The van der Waals surface area contributed by atoms with Crippen LogP contribution in [0.5, 0.6) is 0 Å². The second-order valence-corrected chi connectivity index (χ2v) is 4.94. The predicted molar refractivity (Wildman–Crippen MR) is 72.2 cm³/mol. The highest BCUT2D eigenvalue weighted by atomic mass is 16.4. The standard InChI is InChI=1S/C14H20N2O2/c1-10-4-3-5-11(2)14(10)16-7-6-15-12(9-16)8-13(17)18/h3-5,12,15H,6-9H2,1-2H3,(H,17,18). The van der Waals surface area contributed by atoms with Crippen LogP contribution in [0.4, 0.5) is 5.69 Å². The first kappa shape index (κ1) is 12.9. The van der Waals surface area contributed by atoms with E-state index in [0.717, 1.165) is 19.6 Å². The number of hydrogen-bond donors (Lipinski definition) is 2. The smallest absolute Gasteiger partial charge is 0.304 e. The van der Waals surface area contributed by atoms with Gasteiger partial charge in [0.15, 0.2) is 0 Å². The van der Waals surface area contributed by atoms with E-state index in [1.807, 2.05) is 0 Å². The zero-order valence-corrected chi connectivity index (χ0v) is 10.9. The minimum absolute atomic E-state index is 0.0373. The topological polar surface area (TPSA) is 52.6 Å². The quantitative estimate of drug-likeness (QED) is 0.852. The van der Waals surface area contributed by atoms with Gasteiger partial charge in [-0.2, -0.15) is 0 Å². The molecule has 2 N–H and O–H groups in total. The van der Waals surface area contributed by atoms with Gasteiger partial charge in [-0.1, -0.05) is 18.2 Å². The van der Waals surface area contributed by atoms with Crippen LogP contribution in [-0.4, -0.2) is 36.8 Å². The zero-order chi connectivity index (χ0) is 13.1. The van der Waals surface area contributed by atoms with Crippen molar-refractivity contribution in [1.82, 2.24) is 5.32 Å². The summed E-state index contributed by atoms with van der Waals surface area (Å²) in [5.41, 5.74) is 3.77. The lowest BCUT2D eigenvalue weighted by Gasteiger charge is -2.36. The van der Waals surface area contributed by atoms with Crippen molar-refractivity contribution < 1.29 is 9.90 Å². The lowest BCUT2D eigenvalue weighted by atomic mass is 10.0. The minimum Gasteiger partial charge on any atom is -0.481 e. The summed E-state index contributed by atoms with van der Waals surface area (Å²) < 4.78 is 0. The van der Waals surface area contributed by atoms with E-state index in [1.54, 1.807) is 0 Å². The molecule has 1 atom stereocenters. The predicted octanol–water partition coefficient (Wildman–Crippen LogP) is 1.56. The highest BCUT2D eigenvalue weighted by Gasteiger charge is 2.23. The van der Waals surface area contributed by atoms with Crippen LogP contribution < -0.4 is 10.2 Å². The lowest BCUT2D eigenvalue weighted by Crippen LogP contribution is -2.51. The van der Waals surface area contributed by atoms with E-state index in [0.29, 0.717) is 0 Å². The molecule has 0 aliphatic carbocycles. The van der Waals surface area contributed by atoms with Crippen LogP contribution >= 0.6 is 0 Å². The summed E-state index contributed by atoms with van der Waals surface area (Å²) in [6.45, 7) is 6.75. The number of aryl methyl sites for hydroxylation is 2. The third-order valence-electron chi connectivity index (χ3n) is 3.43. The number of carboxylic acids is 1. The molecule has 1 heterocycles. The molecule has 98 valence electrons. The van der Waals surface area contributed by atoms with Crippen LogP contribution in [0.2, 0.25) is 0 Å². The van der Waals surface area contributed by atoms with Gasteiger partial charge in [0.25, 0.3) is 0 Å². The molecule has 0 aromatic heterocycles. The molecular weight excluding hydrogens is 228 g/mol. The van der Waals surface area contributed by atoms with Crippen LogP contribution in [-0.2, 0) is 4.79 Å². The van der Waals surface area contributed by atoms with Crippen molar-refractivity contribution in [3.63, 3.8) is 0 Å². The summed E-state index contributed by atoms with van der Waals surface area (Å²) in [7, 11) is 0. The third kappa shape index (κ3) is 2.82. The first-order chi connectivity index (χ1) is 8.58. The van der Waals surface area contributed by atoms with Gasteiger partial charge in [-0.15, -0.1) is 0 Å². The largest absolute Gasteiger partial charge is 0.481 e. The number of carboxylic acid groups (broad SMARTS) is 1. The number of carbonyl (C=O) groups is 1. The number of benzene rings is 1. The lowest BCUT2D eigenvalue weighted by molar-refractivity contribution is -0.137. The first-order valence-corrected chi connectivity index (χ1v) is 6.34. The van der Waals surface area contributed by atoms with Gasteiger partial charge in [0, 0.05) is 31.4 Å². The number of aliphatic carboxylic acids is 1. The zero-order valence-electron chi connectivity index (χ0n) is 10.9. The summed E-state index contributed by atoms with van der Waals surface area (Å²) in [6.07, 6.45) is 0.182. The summed E-state index contributed by atoms with van der Waals surface area (Å²) in [4.78, 5) is 13.1. The number of hydrogen-bond acceptors (Lipinski definition) is 3. The average molecular weight is 248 g/mol. The molecule has 0 bridgehead atoms. The summed E-state index contributed by atoms with van der Waals surface area (Å²) in [6, 6.07) is 6.31. The molecule has 1 aromatic carbocycles. The van der Waals surface area contributed by atoms with Crippen LogP contribution in [0.15, 0.2) is 18.2 Å². The highest BCUT2D eigenvalue weighted by molar-refractivity contribution is 5.68. The molecule has 4 heteroatoms. The maximum absolute atomic E-state index is 10.8. The van der Waals surface area contributed by atoms with Crippen LogP contribution in [0.25, 0.3) is 0 Å². The monoisotopic (exact) mass is 248 g/mol. The van der Waals surface area contributed by atoms with E-state index in [1.165, 1.54) is 16.8 Å². The number of nitrogens with one attached hydrogen (secondary N) is 1. The molecule has 18 heavy (non-hydrogen) atoms. The Hall–Kier alpha value is -1.55. The van der Waals surface area contributed by atoms with Gasteiger partial charge < -0.3 is 15.3 Å². The number of para-hydroxylation sites is 1. The molecule has 4 nitrogen and oxygen atoms in total. The molecule has 1 aromatic rings. The van der Waals surface area contributed by atoms with E-state index >= 15 is 0 Å². The molecule has 1 aliphatic rings. The number of rotatable bonds is 3. The van der Waals surface area contributed by atoms with Crippen molar-refractivity contribution in [1.29, 1.82) is 0 Å². The van der Waals surface area contributed by atoms with E-state index < -0.39 is 5.97 Å². The van der Waals surface area contributed by atoms with Crippen molar-refractivity contribution in [3.8, 4) is 0 Å². The molecule has 1 fully saturated rings. The molecule has 0 amide bonds. The first-order valence-electron chi connectivity index (χ1n) is 6.34. The number of nitrogens with zero attached hydrogens (tertiary/aromatic N) is 1. The molecule has 1 aliphatic heterocycles. The maximum Gasteiger partial charge on any atom is 0.304 e. The van der Waals surface area contributed by atoms with Crippen molar-refractivity contribution >= 4 is 11.7 Å². The van der Waals surface area contributed by atoms with E-state index in [4.69, 9.17) is 5.11 Å². The molecule has 1 saturated heterocycles. The van der Waals surface area contributed by atoms with Crippen molar-refractivity contribution in [2.45, 2.75) is 26.3 Å². The Bertz CT molecular complexity index is 425. The highest BCUT2D eigenvalue weighted by Crippen LogP contribution is 2.25. The molecule has 2 rings (SSSR count). The summed E-state index contributed by atoms with van der Waals surface area (Å²) >= 11 is 0. The Morgan fingerprint density at radius 3 is 2.72 bits per heavy atom. The molecule has 0 spiro atoms. The number of anilines is 1. The van der Waals surface area contributed by atoms with Crippen molar-refractivity contribution in [2.24, 2.45) is 0 Å². The SMILES string of the molecule is Cc1cccc(C)c1N1CCNC(CC(=O)O)C1. The van der Waals surface area contributed by atoms with E-state index in [9.17, 15) is 4.79 Å². The normalized spacial score (nSPS) is 19.9. The fourth-order valence-corrected chi connectivity index (χ4v) is 2.68. The van der Waals surface area contributed by atoms with Gasteiger partial charge in [-0.05, 0) is 25.0 Å². The van der Waals surface area contributed by atoms with Crippen LogP contribution in [0.3, 0.4) is 0 Å². The summed E-state index contributed by atoms with van der Waals surface area (Å²) in [5.74, 6) is -0.740. The summed E-state index contributed by atoms with van der Waals surface area (Å²) in [5, 5.41) is 12.1. The van der Waals surface area contributed by atoms with Gasteiger partial charge in [-0.25, -0.2) is 0 Å². The Morgan fingerprint density at radius 2 is 2.11 bits per heavy atom. The maximum atomic E-state index is 10.8. The second kappa shape index (κ2) is 5.40. The average Bonchev–Trinajstić information content (AvgIpc) is 2.28. The number of piperazine rings is 1. The van der Waals surface area contributed by atoms with Gasteiger partial charge in [0.2, 0.25) is 0 Å². The van der Waals surface area contributed by atoms with E-state index in [2.05, 4.69) is 42.3 Å². The Balaban J connectivity index is 2.15. The molecular formula is C14H20N2O2. The van der Waals surface area contributed by atoms with Crippen LogP contribution in [0, 0.1) is 13.8 Å². The van der Waals surface area contributed by atoms with Crippen molar-refractivity contribution in [2.75, 3.05) is 24.5 Å².